The van der Waals surface area contributed by atoms with Gasteiger partial charge in [-0.3, -0.25) is 0 Å². The maximum absolute atomic E-state index is 6.17. The second kappa shape index (κ2) is 8.60. The van der Waals surface area contributed by atoms with E-state index in [9.17, 15) is 0 Å². The molecule has 27 heavy (non-hydrogen) atoms. The summed E-state index contributed by atoms with van der Waals surface area (Å²) in [4.78, 5) is 3.65. The Kier molecular flexibility index (Phi) is 6.41. The topological polar surface area (TPSA) is 29.3 Å². The van der Waals surface area contributed by atoms with E-state index in [-0.39, 0.29) is 0 Å². The molecule has 1 aliphatic heterocycles. The average Bonchev–Trinajstić information content (AvgIpc) is 2.84. The van der Waals surface area contributed by atoms with Gasteiger partial charge in [-0.1, -0.05) is 38.8 Å². The normalized spacial score (nSPS) is 22.1. The first-order valence-electron chi connectivity index (χ1n) is 10.3. The van der Waals surface area contributed by atoms with E-state index in [0.29, 0.717) is 11.3 Å². The number of hydrogen-bond donors (Lipinski definition) is 1. The van der Waals surface area contributed by atoms with Gasteiger partial charge in [0, 0.05) is 42.0 Å². The van der Waals surface area contributed by atoms with Crippen LogP contribution in [0.15, 0.2) is 47.4 Å². The molecular formula is C24H34N2S. The van der Waals surface area contributed by atoms with Gasteiger partial charge >= 0.3 is 0 Å². The van der Waals surface area contributed by atoms with Crippen LogP contribution in [-0.2, 0) is 0 Å². The highest BCUT2D eigenvalue weighted by Crippen LogP contribution is 2.51. The Bertz CT molecular complexity index is 771. The predicted molar refractivity (Wildman–Crippen MR) is 121 cm³/mol. The first kappa shape index (κ1) is 20.1. The Morgan fingerprint density at radius 3 is 2.63 bits per heavy atom. The molecule has 0 bridgehead atoms. The molecule has 0 amide bonds. The van der Waals surface area contributed by atoms with Crippen LogP contribution in [0.1, 0.15) is 63.0 Å². The number of fused-ring (bicyclic) bond motifs is 1. The fourth-order valence-corrected chi connectivity index (χ4v) is 5.73. The monoisotopic (exact) mass is 382 g/mol. The van der Waals surface area contributed by atoms with Gasteiger partial charge in [0.1, 0.15) is 0 Å². The Balaban J connectivity index is 2.10. The van der Waals surface area contributed by atoms with E-state index < -0.39 is 0 Å². The van der Waals surface area contributed by atoms with Crippen LogP contribution in [0, 0.1) is 5.41 Å². The van der Waals surface area contributed by atoms with Crippen molar-refractivity contribution >= 4 is 23.1 Å². The maximum atomic E-state index is 6.17. The SMILES string of the molecule is CCCC[C@]1(CC)CSc2ccc(N(C)C)cc2[C@@H](c2cccc(N)c2)C1. The van der Waals surface area contributed by atoms with Crippen molar-refractivity contribution < 1.29 is 0 Å². The van der Waals surface area contributed by atoms with E-state index in [4.69, 9.17) is 5.73 Å². The first-order chi connectivity index (χ1) is 13.0. The van der Waals surface area contributed by atoms with Gasteiger partial charge in [-0.15, -0.1) is 11.8 Å². The summed E-state index contributed by atoms with van der Waals surface area (Å²) < 4.78 is 0. The second-order valence-electron chi connectivity index (χ2n) is 8.29. The molecule has 0 spiro atoms. The van der Waals surface area contributed by atoms with Gasteiger partial charge < -0.3 is 10.6 Å². The van der Waals surface area contributed by atoms with Crippen LogP contribution in [0.4, 0.5) is 11.4 Å². The molecular weight excluding hydrogens is 348 g/mol. The molecule has 146 valence electrons. The molecule has 0 aliphatic carbocycles. The number of thioether (sulfide) groups is 1. The molecule has 2 aromatic carbocycles. The van der Waals surface area contributed by atoms with E-state index in [1.54, 1.807) is 0 Å². The highest BCUT2D eigenvalue weighted by Gasteiger charge is 2.36. The lowest BCUT2D eigenvalue weighted by molar-refractivity contribution is 0.251. The van der Waals surface area contributed by atoms with Crippen molar-refractivity contribution in [3.63, 3.8) is 0 Å². The van der Waals surface area contributed by atoms with Crippen LogP contribution < -0.4 is 10.6 Å². The molecule has 2 aromatic rings. The summed E-state index contributed by atoms with van der Waals surface area (Å²) in [5.74, 6) is 1.63. The van der Waals surface area contributed by atoms with Crippen molar-refractivity contribution in [2.75, 3.05) is 30.5 Å². The van der Waals surface area contributed by atoms with Crippen molar-refractivity contribution in [2.24, 2.45) is 5.41 Å². The zero-order valence-corrected chi connectivity index (χ0v) is 18.1. The Labute approximate surface area is 169 Å². The number of unbranched alkanes of at least 4 members (excludes halogenated alkanes) is 1. The average molecular weight is 383 g/mol. The van der Waals surface area contributed by atoms with Crippen LogP contribution in [0.2, 0.25) is 0 Å². The van der Waals surface area contributed by atoms with E-state index in [0.717, 1.165) is 5.69 Å². The fourth-order valence-electron chi connectivity index (χ4n) is 4.27. The Morgan fingerprint density at radius 1 is 1.15 bits per heavy atom. The zero-order chi connectivity index (χ0) is 19.4. The standard InChI is InChI=1S/C24H34N2S/c1-5-7-13-24(6-2)16-22(18-9-8-10-19(25)14-18)21-15-20(26(3)4)11-12-23(21)27-17-24/h8-12,14-15,22H,5-7,13,16-17,25H2,1-4H3/t22-,24+/m1/s1. The van der Waals surface area contributed by atoms with Crippen molar-refractivity contribution in [3.8, 4) is 0 Å². The zero-order valence-electron chi connectivity index (χ0n) is 17.3. The number of nitrogens with two attached hydrogens (primary N) is 1. The summed E-state index contributed by atoms with van der Waals surface area (Å²) in [6.45, 7) is 4.69. The molecule has 0 radical (unpaired) electrons. The smallest absolute Gasteiger partial charge is 0.0364 e. The summed E-state index contributed by atoms with van der Waals surface area (Å²) >= 11 is 2.06. The molecule has 3 rings (SSSR count). The number of rotatable bonds is 6. The van der Waals surface area contributed by atoms with Crippen LogP contribution in [0.25, 0.3) is 0 Å². The lowest BCUT2D eigenvalue weighted by Gasteiger charge is -2.34. The minimum Gasteiger partial charge on any atom is -0.399 e. The van der Waals surface area contributed by atoms with E-state index >= 15 is 0 Å². The third-order valence-electron chi connectivity index (χ3n) is 6.18. The molecule has 0 aromatic heterocycles. The molecule has 0 saturated carbocycles. The molecule has 1 aliphatic rings. The van der Waals surface area contributed by atoms with Crippen LogP contribution >= 0.6 is 11.8 Å². The molecule has 2 N–H and O–H groups in total. The van der Waals surface area contributed by atoms with Crippen molar-refractivity contribution in [2.45, 2.75) is 56.8 Å². The van der Waals surface area contributed by atoms with E-state index in [2.05, 4.69) is 81.0 Å². The first-order valence-corrected chi connectivity index (χ1v) is 11.3. The number of nitrogens with zero attached hydrogens (tertiary/aromatic N) is 1. The van der Waals surface area contributed by atoms with Gasteiger partial charge in [-0.05, 0) is 66.1 Å². The van der Waals surface area contributed by atoms with Crippen molar-refractivity contribution in [3.05, 3.63) is 53.6 Å². The highest BCUT2D eigenvalue weighted by molar-refractivity contribution is 7.99. The van der Waals surface area contributed by atoms with E-state index in [1.165, 1.54) is 59.6 Å². The molecule has 0 saturated heterocycles. The minimum atomic E-state index is 0.396. The highest BCUT2D eigenvalue weighted by atomic mass is 32.2. The third-order valence-corrected chi connectivity index (χ3v) is 7.62. The number of anilines is 2. The van der Waals surface area contributed by atoms with Gasteiger partial charge in [0.25, 0.3) is 0 Å². The molecule has 2 atom stereocenters. The van der Waals surface area contributed by atoms with Gasteiger partial charge in [-0.2, -0.15) is 0 Å². The molecule has 2 nitrogen and oxygen atoms in total. The molecule has 3 heteroatoms. The summed E-state index contributed by atoms with van der Waals surface area (Å²) in [5.41, 5.74) is 11.6. The Hall–Kier alpha value is -1.61. The maximum Gasteiger partial charge on any atom is 0.0364 e. The van der Waals surface area contributed by atoms with Crippen LogP contribution in [-0.4, -0.2) is 19.8 Å². The molecule has 0 fully saturated rings. The lowest BCUT2D eigenvalue weighted by atomic mass is 9.71. The summed E-state index contributed by atoms with van der Waals surface area (Å²) in [6, 6.07) is 15.6. The van der Waals surface area contributed by atoms with Gasteiger partial charge in [0.15, 0.2) is 0 Å². The quantitative estimate of drug-likeness (QED) is 0.574. The lowest BCUT2D eigenvalue weighted by Crippen LogP contribution is -2.25. The minimum absolute atomic E-state index is 0.396. The van der Waals surface area contributed by atoms with Crippen LogP contribution in [0.5, 0.6) is 0 Å². The molecule has 0 unspecified atom stereocenters. The summed E-state index contributed by atoms with van der Waals surface area (Å²) in [7, 11) is 4.25. The molecule has 1 heterocycles. The summed E-state index contributed by atoms with van der Waals surface area (Å²) in [5, 5.41) is 0. The van der Waals surface area contributed by atoms with Gasteiger partial charge in [0.05, 0.1) is 0 Å². The largest absolute Gasteiger partial charge is 0.399 e. The van der Waals surface area contributed by atoms with E-state index in [1.807, 2.05) is 6.07 Å². The fraction of sp³-hybridized carbons (Fsp3) is 0.500. The van der Waals surface area contributed by atoms with Gasteiger partial charge in [0.2, 0.25) is 0 Å². The van der Waals surface area contributed by atoms with Gasteiger partial charge in [-0.25, -0.2) is 0 Å². The van der Waals surface area contributed by atoms with Crippen molar-refractivity contribution in [1.82, 2.24) is 0 Å². The number of nitrogen functional groups attached to an aromatic ring is 1. The second-order valence-corrected chi connectivity index (χ2v) is 9.31. The third kappa shape index (κ3) is 4.45. The van der Waals surface area contributed by atoms with Crippen molar-refractivity contribution in [1.29, 1.82) is 0 Å². The summed E-state index contributed by atoms with van der Waals surface area (Å²) in [6.07, 6.45) is 6.36. The Morgan fingerprint density at radius 2 is 1.96 bits per heavy atom. The number of benzene rings is 2. The number of hydrogen-bond acceptors (Lipinski definition) is 3. The predicted octanol–water partition coefficient (Wildman–Crippen LogP) is 6.55. The van der Waals surface area contributed by atoms with Crippen LogP contribution in [0.3, 0.4) is 0 Å².